The van der Waals surface area contributed by atoms with Gasteiger partial charge in [-0.3, -0.25) is 14.9 Å². The smallest absolute Gasteiger partial charge is 0.340 e. The first-order valence-corrected chi connectivity index (χ1v) is 7.93. The number of rotatable bonds is 6. The molecule has 0 aromatic heterocycles. The van der Waals surface area contributed by atoms with E-state index in [0.717, 1.165) is 0 Å². The van der Waals surface area contributed by atoms with E-state index in [9.17, 15) is 19.7 Å². The average molecular weight is 354 g/mol. The van der Waals surface area contributed by atoms with Gasteiger partial charge in [-0.1, -0.05) is 30.3 Å². The van der Waals surface area contributed by atoms with Gasteiger partial charge in [-0.05, 0) is 30.2 Å². The Morgan fingerprint density at radius 1 is 1.04 bits per heavy atom. The average Bonchev–Trinajstić information content (AvgIpc) is 2.62. The Bertz CT molecular complexity index is 842. The quantitative estimate of drug-likeness (QED) is 0.282. The van der Waals surface area contributed by atoms with Gasteiger partial charge < -0.3 is 10.1 Å². The molecule has 0 aliphatic carbocycles. The summed E-state index contributed by atoms with van der Waals surface area (Å²) in [5, 5.41) is 13.5. The number of nitro groups is 1. The van der Waals surface area contributed by atoms with Gasteiger partial charge in [-0.25, -0.2) is 4.79 Å². The Balaban J connectivity index is 2.68. The van der Waals surface area contributed by atoms with Crippen molar-refractivity contribution >= 4 is 28.8 Å². The van der Waals surface area contributed by atoms with Gasteiger partial charge in [0.25, 0.3) is 5.69 Å². The molecule has 0 heterocycles. The largest absolute Gasteiger partial charge is 0.462 e. The molecule has 26 heavy (non-hydrogen) atoms. The zero-order chi connectivity index (χ0) is 19.1. The van der Waals surface area contributed by atoms with Gasteiger partial charge in [0.15, 0.2) is 0 Å². The third-order valence-corrected chi connectivity index (χ3v) is 3.46. The molecule has 0 radical (unpaired) electrons. The number of hydrogen-bond acceptors (Lipinski definition) is 5. The summed E-state index contributed by atoms with van der Waals surface area (Å²) < 4.78 is 5.15. The highest BCUT2D eigenvalue weighted by Gasteiger charge is 2.21. The molecule has 0 atom stereocenters. The van der Waals surface area contributed by atoms with Crippen LogP contribution >= 0.6 is 0 Å². The molecule has 0 saturated heterocycles. The molecular formula is C19H18N2O5. The lowest BCUT2D eigenvalue weighted by Crippen LogP contribution is -2.22. The third kappa shape index (κ3) is 4.54. The monoisotopic (exact) mass is 354 g/mol. The Morgan fingerprint density at radius 2 is 1.65 bits per heavy atom. The minimum absolute atomic E-state index is 0.0895. The van der Waals surface area contributed by atoms with Crippen LogP contribution in [-0.4, -0.2) is 23.4 Å². The summed E-state index contributed by atoms with van der Waals surface area (Å²) >= 11 is 0. The lowest BCUT2D eigenvalue weighted by atomic mass is 9.99. The first kappa shape index (κ1) is 18.9. The van der Waals surface area contributed by atoms with E-state index < -0.39 is 10.9 Å². The number of nitro benzene ring substituents is 1. The van der Waals surface area contributed by atoms with Crippen LogP contribution in [-0.2, 0) is 14.3 Å². The molecule has 2 aromatic carbocycles. The van der Waals surface area contributed by atoms with Crippen LogP contribution in [0.25, 0.3) is 11.3 Å². The summed E-state index contributed by atoms with van der Waals surface area (Å²) in [6.45, 7) is 3.17. The molecule has 0 unspecified atom stereocenters. The van der Waals surface area contributed by atoms with Crippen molar-refractivity contribution in [2.24, 2.45) is 0 Å². The molecule has 0 spiro atoms. The van der Waals surface area contributed by atoms with Crippen molar-refractivity contribution in [3.05, 3.63) is 75.8 Å². The topological polar surface area (TPSA) is 98.5 Å². The van der Waals surface area contributed by atoms with Gasteiger partial charge in [0.2, 0.25) is 5.91 Å². The molecule has 1 amide bonds. The molecule has 0 aliphatic rings. The fourth-order valence-electron chi connectivity index (χ4n) is 2.38. The van der Waals surface area contributed by atoms with Crippen molar-refractivity contribution in [2.45, 2.75) is 13.8 Å². The van der Waals surface area contributed by atoms with E-state index in [0.29, 0.717) is 11.1 Å². The van der Waals surface area contributed by atoms with Crippen LogP contribution in [0.3, 0.4) is 0 Å². The normalized spacial score (nSPS) is 11.3. The molecule has 0 saturated carbocycles. The Morgan fingerprint density at radius 3 is 2.15 bits per heavy atom. The van der Waals surface area contributed by atoms with E-state index in [-0.39, 0.29) is 29.5 Å². The van der Waals surface area contributed by atoms with Crippen LogP contribution in [0.5, 0.6) is 0 Å². The van der Waals surface area contributed by atoms with E-state index in [1.54, 1.807) is 37.3 Å². The second-order valence-corrected chi connectivity index (χ2v) is 5.32. The second kappa shape index (κ2) is 8.57. The Labute approximate surface area is 150 Å². The predicted molar refractivity (Wildman–Crippen MR) is 96.8 cm³/mol. The van der Waals surface area contributed by atoms with Gasteiger partial charge in [-0.2, -0.15) is 0 Å². The van der Waals surface area contributed by atoms with Gasteiger partial charge in [-0.15, -0.1) is 0 Å². The van der Waals surface area contributed by atoms with E-state index in [2.05, 4.69) is 5.32 Å². The van der Waals surface area contributed by atoms with Crippen LogP contribution in [0.1, 0.15) is 25.0 Å². The molecule has 7 nitrogen and oxygen atoms in total. The number of hydrogen-bond donors (Lipinski definition) is 1. The van der Waals surface area contributed by atoms with E-state index in [1.807, 2.05) is 0 Å². The molecule has 0 bridgehead atoms. The van der Waals surface area contributed by atoms with Crippen molar-refractivity contribution < 1.29 is 19.2 Å². The van der Waals surface area contributed by atoms with Gasteiger partial charge in [0.1, 0.15) is 0 Å². The van der Waals surface area contributed by atoms with E-state index in [1.165, 1.54) is 31.2 Å². The fourth-order valence-corrected chi connectivity index (χ4v) is 2.38. The van der Waals surface area contributed by atoms with Crippen LogP contribution in [0.2, 0.25) is 0 Å². The lowest BCUT2D eigenvalue weighted by Gasteiger charge is -2.16. The van der Waals surface area contributed by atoms with Gasteiger partial charge in [0, 0.05) is 19.1 Å². The predicted octanol–water partition coefficient (Wildman–Crippen LogP) is 3.16. The molecule has 134 valence electrons. The molecule has 0 aliphatic heterocycles. The first-order valence-electron chi connectivity index (χ1n) is 7.93. The zero-order valence-electron chi connectivity index (χ0n) is 14.4. The van der Waals surface area contributed by atoms with Crippen molar-refractivity contribution in [2.75, 3.05) is 6.61 Å². The molecule has 2 aromatic rings. The number of nitrogens with zero attached hydrogens (tertiary/aromatic N) is 1. The number of carbonyl (C=O) groups is 2. The summed E-state index contributed by atoms with van der Waals surface area (Å²) in [4.78, 5) is 34.6. The second-order valence-electron chi connectivity index (χ2n) is 5.32. The molecular weight excluding hydrogens is 336 g/mol. The number of carbonyl (C=O) groups excluding carboxylic acids is 2. The summed E-state index contributed by atoms with van der Waals surface area (Å²) in [5.41, 5.74) is 1.34. The maximum Gasteiger partial charge on any atom is 0.340 e. The summed E-state index contributed by atoms with van der Waals surface area (Å²) in [5.74, 6) is -0.975. The van der Waals surface area contributed by atoms with E-state index >= 15 is 0 Å². The number of amides is 1. The highest BCUT2D eigenvalue weighted by atomic mass is 16.6. The van der Waals surface area contributed by atoms with Gasteiger partial charge in [0.05, 0.1) is 22.8 Å². The highest BCUT2D eigenvalue weighted by molar-refractivity contribution is 6.25. The maximum absolute atomic E-state index is 12.6. The minimum atomic E-state index is -0.596. The van der Waals surface area contributed by atoms with Crippen molar-refractivity contribution in [1.82, 2.24) is 5.32 Å². The third-order valence-electron chi connectivity index (χ3n) is 3.46. The molecule has 7 heteroatoms. The maximum atomic E-state index is 12.6. The Hall–Kier alpha value is -3.48. The summed E-state index contributed by atoms with van der Waals surface area (Å²) in [6, 6.07) is 14.3. The van der Waals surface area contributed by atoms with Crippen LogP contribution in [0.15, 0.2) is 54.6 Å². The number of ether oxygens (including phenoxy) is 1. The highest BCUT2D eigenvalue weighted by Crippen LogP contribution is 2.27. The van der Waals surface area contributed by atoms with Crippen molar-refractivity contribution in [1.29, 1.82) is 0 Å². The van der Waals surface area contributed by atoms with Crippen molar-refractivity contribution in [3.63, 3.8) is 0 Å². The Kier molecular flexibility index (Phi) is 6.21. The molecule has 2 rings (SSSR count). The number of nitrogens with one attached hydrogen (secondary N) is 1. The summed E-state index contributed by atoms with van der Waals surface area (Å²) in [7, 11) is 0. The van der Waals surface area contributed by atoms with Crippen LogP contribution in [0, 0.1) is 10.1 Å². The minimum Gasteiger partial charge on any atom is -0.462 e. The van der Waals surface area contributed by atoms with Gasteiger partial charge >= 0.3 is 5.97 Å². The van der Waals surface area contributed by atoms with Crippen LogP contribution < -0.4 is 5.32 Å². The first-order chi connectivity index (χ1) is 12.4. The molecule has 0 fully saturated rings. The standard InChI is InChI=1S/C19H18N2O5/c1-3-26-19(23)17(14-7-5-4-6-8-14)18(20-13(2)22)15-9-11-16(12-10-15)21(24)25/h4-12H,3H2,1-2H3,(H,20,22)/b18-17+. The molecule has 1 N–H and O–H groups in total. The lowest BCUT2D eigenvalue weighted by molar-refractivity contribution is -0.384. The SMILES string of the molecule is CCOC(=O)/C(=C(/NC(C)=O)c1ccc([N+](=O)[O-])cc1)c1ccccc1. The number of benzene rings is 2. The fraction of sp³-hybridized carbons (Fsp3) is 0.158. The van der Waals surface area contributed by atoms with Crippen molar-refractivity contribution in [3.8, 4) is 0 Å². The van der Waals surface area contributed by atoms with E-state index in [4.69, 9.17) is 4.74 Å². The van der Waals surface area contributed by atoms with Crippen LogP contribution in [0.4, 0.5) is 5.69 Å². The zero-order valence-corrected chi connectivity index (χ0v) is 14.4. The number of esters is 1. The number of non-ortho nitro benzene ring substituents is 1. The summed E-state index contributed by atoms with van der Waals surface area (Å²) in [6.07, 6.45) is 0.